The van der Waals surface area contributed by atoms with Gasteiger partial charge in [-0.05, 0) is 56.3 Å². The van der Waals surface area contributed by atoms with E-state index in [1.165, 1.54) is 32.1 Å². The summed E-state index contributed by atoms with van der Waals surface area (Å²) in [5.41, 5.74) is 7.96. The maximum Gasteiger partial charge on any atom is 0.261 e. The molecule has 158 valence electrons. The molecule has 0 bridgehead atoms. The highest BCUT2D eigenvalue weighted by molar-refractivity contribution is 5.90. The van der Waals surface area contributed by atoms with Crippen LogP contribution in [0.4, 0.5) is 23.1 Å². The molecular formula is C21H27N7O2. The number of anilines is 4. The minimum Gasteiger partial charge on any atom is -0.378 e. The fourth-order valence-electron chi connectivity index (χ4n) is 3.54. The van der Waals surface area contributed by atoms with E-state index >= 15 is 0 Å². The number of morpholine rings is 1. The Morgan fingerprint density at radius 2 is 1.77 bits per heavy atom. The zero-order valence-corrected chi connectivity index (χ0v) is 16.9. The number of hydrogen-bond acceptors (Lipinski definition) is 8. The molecule has 3 aromatic rings. The third-order valence-corrected chi connectivity index (χ3v) is 5.10. The van der Waals surface area contributed by atoms with Crippen LogP contribution in [0, 0.1) is 0 Å². The summed E-state index contributed by atoms with van der Waals surface area (Å²) in [4.78, 5) is 25.3. The minimum absolute atomic E-state index is 0.116. The Labute approximate surface area is 174 Å². The number of rotatable bonds is 3. The lowest BCUT2D eigenvalue weighted by atomic mass is 10.2. The highest BCUT2D eigenvalue weighted by atomic mass is 16.5. The number of nitrogen functional groups attached to an aromatic ring is 1. The van der Waals surface area contributed by atoms with E-state index in [-0.39, 0.29) is 11.5 Å². The standard InChI is InChI=1S/C17H18N6O2.C4H9N/c18-17-21-13-5-6-19-16(24)14(13)15(22-17)20-11-1-3-12(4-2-11)23-7-9-25-10-8-23;1-2-4-5-3-1/h1-6H,7-10H2,(H,19,24)(H3,18,20,21,22);5H,1-4H2. The molecule has 0 atom stereocenters. The smallest absolute Gasteiger partial charge is 0.261 e. The van der Waals surface area contributed by atoms with Crippen molar-refractivity contribution in [3.05, 3.63) is 46.9 Å². The van der Waals surface area contributed by atoms with Gasteiger partial charge < -0.3 is 31.0 Å². The van der Waals surface area contributed by atoms with Gasteiger partial charge in [0.2, 0.25) is 5.95 Å². The van der Waals surface area contributed by atoms with E-state index in [2.05, 4.69) is 30.5 Å². The van der Waals surface area contributed by atoms with Crippen molar-refractivity contribution in [3.8, 4) is 0 Å². The lowest BCUT2D eigenvalue weighted by Crippen LogP contribution is -2.36. The maximum atomic E-state index is 12.1. The summed E-state index contributed by atoms with van der Waals surface area (Å²) in [6, 6.07) is 9.66. The van der Waals surface area contributed by atoms with Crippen LogP contribution in [-0.4, -0.2) is 54.3 Å². The first-order valence-corrected chi connectivity index (χ1v) is 10.3. The Morgan fingerprint density at radius 1 is 1.03 bits per heavy atom. The van der Waals surface area contributed by atoms with Crippen molar-refractivity contribution < 1.29 is 4.74 Å². The maximum absolute atomic E-state index is 12.1. The average Bonchev–Trinajstić information content (AvgIpc) is 3.35. The molecule has 4 heterocycles. The van der Waals surface area contributed by atoms with E-state index in [1.807, 2.05) is 24.3 Å². The Kier molecular flexibility index (Phi) is 6.41. The van der Waals surface area contributed by atoms with Crippen LogP contribution in [0.1, 0.15) is 12.8 Å². The van der Waals surface area contributed by atoms with Crippen molar-refractivity contribution in [2.45, 2.75) is 12.8 Å². The Hall–Kier alpha value is -3.17. The molecule has 2 aliphatic heterocycles. The average molecular weight is 409 g/mol. The number of nitrogens with zero attached hydrogens (tertiary/aromatic N) is 3. The Balaban J connectivity index is 0.000000383. The molecule has 9 heteroatoms. The minimum atomic E-state index is -0.259. The van der Waals surface area contributed by atoms with E-state index in [9.17, 15) is 4.79 Å². The second-order valence-corrected chi connectivity index (χ2v) is 7.23. The molecule has 30 heavy (non-hydrogen) atoms. The lowest BCUT2D eigenvalue weighted by Gasteiger charge is -2.28. The van der Waals surface area contributed by atoms with Gasteiger partial charge in [-0.15, -0.1) is 0 Å². The normalized spacial score (nSPS) is 16.2. The lowest BCUT2D eigenvalue weighted by molar-refractivity contribution is 0.122. The van der Waals surface area contributed by atoms with E-state index in [0.717, 1.165) is 37.7 Å². The first-order valence-electron chi connectivity index (χ1n) is 10.3. The molecule has 5 N–H and O–H groups in total. The molecule has 0 aliphatic carbocycles. The number of H-pyrrole nitrogens is 1. The molecule has 0 saturated carbocycles. The molecule has 0 unspecified atom stereocenters. The van der Waals surface area contributed by atoms with Crippen LogP contribution in [0.2, 0.25) is 0 Å². The quantitative estimate of drug-likeness (QED) is 0.517. The number of fused-ring (bicyclic) bond motifs is 1. The molecule has 2 aromatic heterocycles. The van der Waals surface area contributed by atoms with Crippen molar-refractivity contribution in [1.82, 2.24) is 20.3 Å². The van der Waals surface area contributed by atoms with Gasteiger partial charge in [0.15, 0.2) is 0 Å². The molecule has 2 saturated heterocycles. The van der Waals surface area contributed by atoms with Gasteiger partial charge in [-0.1, -0.05) is 0 Å². The molecule has 2 fully saturated rings. The summed E-state index contributed by atoms with van der Waals surface area (Å²) < 4.78 is 5.37. The number of ether oxygens (including phenoxy) is 1. The van der Waals surface area contributed by atoms with Crippen LogP contribution in [0.25, 0.3) is 10.9 Å². The summed E-state index contributed by atoms with van der Waals surface area (Å²) in [6.07, 6.45) is 4.32. The van der Waals surface area contributed by atoms with Crippen LogP contribution in [0.5, 0.6) is 0 Å². The molecule has 0 amide bonds. The predicted octanol–water partition coefficient (Wildman–Crippen LogP) is 1.85. The number of nitrogens with one attached hydrogen (secondary N) is 3. The van der Waals surface area contributed by atoms with E-state index < -0.39 is 0 Å². The molecule has 0 spiro atoms. The molecular weight excluding hydrogens is 382 g/mol. The summed E-state index contributed by atoms with van der Waals surface area (Å²) in [6.45, 7) is 5.76. The number of aromatic amines is 1. The molecule has 1 aromatic carbocycles. The Bertz CT molecular complexity index is 1020. The van der Waals surface area contributed by atoms with Gasteiger partial charge in [0.1, 0.15) is 11.2 Å². The number of aromatic nitrogens is 3. The van der Waals surface area contributed by atoms with E-state index in [0.29, 0.717) is 16.7 Å². The summed E-state index contributed by atoms with van der Waals surface area (Å²) in [7, 11) is 0. The SMILES string of the molecule is C1CCNC1.Nc1nc(Nc2ccc(N3CCOCC3)cc2)c2c(=O)[nH]ccc2n1. The fraction of sp³-hybridized carbons (Fsp3) is 0.381. The van der Waals surface area contributed by atoms with Gasteiger partial charge in [-0.2, -0.15) is 4.98 Å². The number of nitrogens with two attached hydrogens (primary N) is 1. The first-order chi connectivity index (χ1) is 14.7. The molecule has 5 rings (SSSR count). The van der Waals surface area contributed by atoms with E-state index in [1.54, 1.807) is 6.07 Å². The van der Waals surface area contributed by atoms with Crippen molar-refractivity contribution in [2.24, 2.45) is 0 Å². The summed E-state index contributed by atoms with van der Waals surface area (Å²) >= 11 is 0. The molecule has 2 aliphatic rings. The van der Waals surface area contributed by atoms with Gasteiger partial charge in [0, 0.05) is 30.7 Å². The van der Waals surface area contributed by atoms with Gasteiger partial charge in [0.25, 0.3) is 5.56 Å². The van der Waals surface area contributed by atoms with Crippen LogP contribution in [-0.2, 0) is 4.74 Å². The number of pyridine rings is 1. The van der Waals surface area contributed by atoms with Crippen molar-refractivity contribution in [3.63, 3.8) is 0 Å². The van der Waals surface area contributed by atoms with Crippen molar-refractivity contribution in [2.75, 3.05) is 55.3 Å². The second kappa shape index (κ2) is 9.55. The monoisotopic (exact) mass is 409 g/mol. The predicted molar refractivity (Wildman–Crippen MR) is 119 cm³/mol. The van der Waals surface area contributed by atoms with Crippen molar-refractivity contribution in [1.29, 1.82) is 0 Å². The zero-order valence-electron chi connectivity index (χ0n) is 16.9. The van der Waals surface area contributed by atoms with Crippen LogP contribution >= 0.6 is 0 Å². The zero-order chi connectivity index (χ0) is 20.8. The van der Waals surface area contributed by atoms with Crippen LogP contribution < -0.4 is 26.8 Å². The Morgan fingerprint density at radius 3 is 2.43 bits per heavy atom. The third kappa shape index (κ3) is 4.87. The topological polar surface area (TPSA) is 121 Å². The van der Waals surface area contributed by atoms with Crippen LogP contribution in [0.15, 0.2) is 41.3 Å². The largest absolute Gasteiger partial charge is 0.378 e. The van der Waals surface area contributed by atoms with Gasteiger partial charge >= 0.3 is 0 Å². The molecule has 9 nitrogen and oxygen atoms in total. The number of hydrogen-bond donors (Lipinski definition) is 4. The number of benzene rings is 1. The third-order valence-electron chi connectivity index (χ3n) is 5.10. The fourth-order valence-corrected chi connectivity index (χ4v) is 3.54. The molecule has 0 radical (unpaired) electrons. The highest BCUT2D eigenvalue weighted by Crippen LogP contribution is 2.24. The van der Waals surface area contributed by atoms with E-state index in [4.69, 9.17) is 10.5 Å². The summed E-state index contributed by atoms with van der Waals surface area (Å²) in [5.74, 6) is 0.508. The van der Waals surface area contributed by atoms with Crippen LogP contribution in [0.3, 0.4) is 0 Å². The van der Waals surface area contributed by atoms with Gasteiger partial charge in [0.05, 0.1) is 18.7 Å². The van der Waals surface area contributed by atoms with Gasteiger partial charge in [-0.25, -0.2) is 4.98 Å². The van der Waals surface area contributed by atoms with Crippen molar-refractivity contribution >= 4 is 34.0 Å². The summed E-state index contributed by atoms with van der Waals surface area (Å²) in [5, 5.41) is 6.77. The first kappa shape index (κ1) is 20.1. The van der Waals surface area contributed by atoms with Gasteiger partial charge in [-0.3, -0.25) is 4.79 Å². The second-order valence-electron chi connectivity index (χ2n) is 7.23. The highest BCUT2D eigenvalue weighted by Gasteiger charge is 2.12.